The fraction of sp³-hybridized carbons (Fsp3) is 0. The average Bonchev–Trinajstić information content (AvgIpc) is 3.99. The SMILES string of the molecule is [2H]c1cc([2H])c2oc3c([2H])c([2H])c(-c4c([2H])c([2H])c5sc6c([2H])c([2H])c([2H])c([2H])c6c5c4[2H])cc3c2c1-c1nc(-c2ccccc2)nc(-c2ccc3c(c2)sc2ccccc23)n1. The molecule has 0 bridgehead atoms. The zero-order valence-corrected chi connectivity index (χ0v) is 27.8. The molecule has 4 aromatic heterocycles. The van der Waals surface area contributed by atoms with Crippen LogP contribution < -0.4 is 0 Å². The van der Waals surface area contributed by atoms with E-state index in [1.54, 1.807) is 11.3 Å². The molecule has 51 heavy (non-hydrogen) atoms. The highest BCUT2D eigenvalue weighted by molar-refractivity contribution is 7.26. The Kier molecular flexibility index (Phi) is 4.34. The fourth-order valence-corrected chi connectivity index (χ4v) is 8.59. The highest BCUT2D eigenvalue weighted by Crippen LogP contribution is 2.41. The van der Waals surface area contributed by atoms with E-state index in [1.807, 2.05) is 60.7 Å². The van der Waals surface area contributed by atoms with Gasteiger partial charge in [-0.1, -0.05) is 103 Å². The zero-order chi connectivity index (χ0) is 43.0. The van der Waals surface area contributed by atoms with Gasteiger partial charge in [0.05, 0.1) is 15.1 Å². The van der Waals surface area contributed by atoms with Crippen molar-refractivity contribution in [2.75, 3.05) is 0 Å². The molecule has 0 saturated carbocycles. The van der Waals surface area contributed by atoms with Crippen LogP contribution in [0.4, 0.5) is 0 Å². The number of furan rings is 1. The van der Waals surface area contributed by atoms with Crippen molar-refractivity contribution in [1.29, 1.82) is 0 Å². The zero-order valence-electron chi connectivity index (χ0n) is 37.1. The van der Waals surface area contributed by atoms with Crippen molar-refractivity contribution in [2.24, 2.45) is 0 Å². The van der Waals surface area contributed by atoms with Crippen LogP contribution in [0.1, 0.15) is 15.1 Å². The lowest BCUT2D eigenvalue weighted by molar-refractivity contribution is 0.669. The number of thiophene rings is 2. The lowest BCUT2D eigenvalue weighted by Gasteiger charge is -2.09. The van der Waals surface area contributed by atoms with Crippen LogP contribution in [0, 0.1) is 0 Å². The minimum atomic E-state index is -0.506. The Morgan fingerprint density at radius 2 is 1.22 bits per heavy atom. The van der Waals surface area contributed by atoms with Crippen LogP contribution in [0.5, 0.6) is 0 Å². The Morgan fingerprint density at radius 3 is 2.16 bits per heavy atom. The molecule has 0 atom stereocenters. The highest BCUT2D eigenvalue weighted by Gasteiger charge is 2.19. The van der Waals surface area contributed by atoms with Crippen molar-refractivity contribution in [1.82, 2.24) is 15.0 Å². The van der Waals surface area contributed by atoms with Gasteiger partial charge < -0.3 is 4.42 Å². The fourth-order valence-electron chi connectivity index (χ4n) is 6.52. The van der Waals surface area contributed by atoms with Crippen molar-refractivity contribution < 1.29 is 19.5 Å². The van der Waals surface area contributed by atoms with E-state index in [9.17, 15) is 4.11 Å². The van der Waals surface area contributed by atoms with E-state index in [4.69, 9.17) is 30.3 Å². The summed E-state index contributed by atoms with van der Waals surface area (Å²) in [5, 5.41) is 2.69. The lowest BCUT2D eigenvalue weighted by atomic mass is 9.99. The van der Waals surface area contributed by atoms with Crippen molar-refractivity contribution in [3.8, 4) is 45.3 Å². The van der Waals surface area contributed by atoms with E-state index in [1.165, 1.54) is 12.1 Å². The third kappa shape index (κ3) is 4.61. The topological polar surface area (TPSA) is 51.8 Å². The number of benzene rings is 7. The number of nitrogens with zero attached hydrogens (tertiary/aromatic N) is 3. The van der Waals surface area contributed by atoms with Crippen molar-refractivity contribution in [2.45, 2.75) is 0 Å². The molecule has 4 nitrogen and oxygen atoms in total. The van der Waals surface area contributed by atoms with E-state index >= 15 is 0 Å². The Bertz CT molecular complexity index is 3790. The van der Waals surface area contributed by atoms with E-state index in [2.05, 4.69) is 12.1 Å². The molecule has 7 aromatic carbocycles. The minimum absolute atomic E-state index is 0.000352. The first-order valence-electron chi connectivity index (χ1n) is 21.4. The second kappa shape index (κ2) is 11.2. The average molecular weight is 699 g/mol. The van der Waals surface area contributed by atoms with Gasteiger partial charge in [-0.15, -0.1) is 22.7 Å². The van der Waals surface area contributed by atoms with Gasteiger partial charge in [0, 0.05) is 67.8 Å². The second-order valence-corrected chi connectivity index (χ2v) is 14.0. The maximum Gasteiger partial charge on any atom is 0.164 e. The molecular weight excluding hydrogens is 663 g/mol. The van der Waals surface area contributed by atoms with Gasteiger partial charge in [0.2, 0.25) is 0 Å². The van der Waals surface area contributed by atoms with E-state index in [0.29, 0.717) is 22.8 Å². The molecule has 238 valence electrons. The molecule has 0 spiro atoms. The quantitative estimate of drug-likeness (QED) is 0.184. The maximum atomic E-state index is 9.44. The predicted molar refractivity (Wildman–Crippen MR) is 215 cm³/mol. The van der Waals surface area contributed by atoms with Gasteiger partial charge >= 0.3 is 0 Å². The minimum Gasteiger partial charge on any atom is -0.456 e. The van der Waals surface area contributed by atoms with Crippen LogP contribution in [-0.2, 0) is 0 Å². The van der Waals surface area contributed by atoms with Gasteiger partial charge in [0.25, 0.3) is 0 Å². The summed E-state index contributed by atoms with van der Waals surface area (Å²) in [5.41, 5.74) is 1.20. The number of rotatable bonds is 4. The molecule has 0 radical (unpaired) electrons. The predicted octanol–water partition coefficient (Wildman–Crippen LogP) is 13.2. The number of hydrogen-bond acceptors (Lipinski definition) is 6. The molecule has 6 heteroatoms. The smallest absolute Gasteiger partial charge is 0.164 e. The summed E-state index contributed by atoms with van der Waals surface area (Å²) in [5.74, 6) is 0.735. The van der Waals surface area contributed by atoms with Crippen LogP contribution >= 0.6 is 22.7 Å². The number of hydrogen-bond donors (Lipinski definition) is 0. The Labute approximate surface area is 315 Å². The summed E-state index contributed by atoms with van der Waals surface area (Å²) in [6.07, 6.45) is 0. The molecule has 0 saturated heterocycles. The van der Waals surface area contributed by atoms with Gasteiger partial charge in [-0.05, 0) is 59.5 Å². The monoisotopic (exact) mass is 698 g/mol. The van der Waals surface area contributed by atoms with E-state index in [0.717, 1.165) is 31.5 Å². The molecule has 0 aliphatic rings. The third-order valence-electron chi connectivity index (χ3n) is 8.90. The molecule has 0 aliphatic carbocycles. The standard InChI is InChI=1S/C45H25N3OS2/c1-2-9-26(10-3-1)43-46-44(29-17-20-32-30-11-4-6-15-38(30)51-41(32)25-29)48-45(47-43)33-13-8-14-37-42(33)35-24-27(18-21-36(35)49-37)28-19-22-40-34(23-28)31-12-5-7-16-39(31)50-40/h1-25H/i5D,7D,12D,13D,14D,16D,18D,19D,21D,22D,23D. The summed E-state index contributed by atoms with van der Waals surface area (Å²) < 4.78 is 107. The summed E-state index contributed by atoms with van der Waals surface area (Å²) in [6, 6.07) is 22.3. The number of fused-ring (bicyclic) bond motifs is 9. The lowest BCUT2D eigenvalue weighted by Crippen LogP contribution is -2.00. The molecule has 0 N–H and O–H groups in total. The normalized spacial score (nSPS) is 14.9. The molecular formula is C45H25N3OS2. The first-order chi connectivity index (χ1) is 29.8. The second-order valence-electron chi connectivity index (χ2n) is 11.9. The molecule has 0 fully saturated rings. The molecule has 4 heterocycles. The van der Waals surface area contributed by atoms with Gasteiger partial charge in [-0.2, -0.15) is 0 Å². The van der Waals surface area contributed by atoms with Crippen LogP contribution in [-0.4, -0.2) is 15.0 Å². The number of aromatic nitrogens is 3. The summed E-state index contributed by atoms with van der Waals surface area (Å²) in [6.45, 7) is 0. The molecule has 0 amide bonds. The maximum absolute atomic E-state index is 9.44. The van der Waals surface area contributed by atoms with E-state index < -0.39 is 36.3 Å². The van der Waals surface area contributed by atoms with Crippen LogP contribution in [0.3, 0.4) is 0 Å². The van der Waals surface area contributed by atoms with Crippen molar-refractivity contribution >= 4 is 85.0 Å². The van der Waals surface area contributed by atoms with Crippen LogP contribution in [0.2, 0.25) is 0 Å². The molecule has 0 aliphatic heterocycles. The highest BCUT2D eigenvalue weighted by atomic mass is 32.1. The largest absolute Gasteiger partial charge is 0.456 e. The van der Waals surface area contributed by atoms with Crippen molar-refractivity contribution in [3.63, 3.8) is 0 Å². The first-order valence-corrected chi connectivity index (χ1v) is 17.6. The van der Waals surface area contributed by atoms with Gasteiger partial charge in [0.1, 0.15) is 11.2 Å². The summed E-state index contributed by atoms with van der Waals surface area (Å²) in [7, 11) is 0. The molecule has 11 aromatic rings. The molecule has 11 rings (SSSR count). The Hall–Kier alpha value is -6.21. The Morgan fingerprint density at radius 1 is 0.451 bits per heavy atom. The van der Waals surface area contributed by atoms with Crippen LogP contribution in [0.25, 0.3) is 108 Å². The van der Waals surface area contributed by atoms with Gasteiger partial charge in [-0.3, -0.25) is 0 Å². The third-order valence-corrected chi connectivity index (χ3v) is 11.1. The van der Waals surface area contributed by atoms with Crippen molar-refractivity contribution in [3.05, 3.63) is 151 Å². The molecule has 0 unspecified atom stereocenters. The summed E-state index contributed by atoms with van der Waals surface area (Å²) in [4.78, 5) is 14.8. The van der Waals surface area contributed by atoms with Gasteiger partial charge in [-0.25, -0.2) is 15.0 Å². The van der Waals surface area contributed by atoms with E-state index in [-0.39, 0.29) is 94.8 Å². The summed E-state index contributed by atoms with van der Waals surface area (Å²) >= 11 is 2.55. The van der Waals surface area contributed by atoms with Crippen LogP contribution in [0.15, 0.2) is 156 Å². The first kappa shape index (κ1) is 19.8. The Balaban J connectivity index is 1.20. The van der Waals surface area contributed by atoms with Gasteiger partial charge in [0.15, 0.2) is 17.5 Å².